The van der Waals surface area contributed by atoms with Gasteiger partial charge in [0.15, 0.2) is 5.82 Å². The van der Waals surface area contributed by atoms with Gasteiger partial charge in [0, 0.05) is 17.8 Å². The van der Waals surface area contributed by atoms with Crippen molar-refractivity contribution in [2.75, 3.05) is 0 Å². The Kier molecular flexibility index (Phi) is 5.38. The van der Waals surface area contributed by atoms with Crippen LogP contribution in [0.4, 0.5) is 0 Å². The Hall–Kier alpha value is -2.76. The van der Waals surface area contributed by atoms with Crippen LogP contribution < -0.4 is 5.32 Å². The highest BCUT2D eigenvalue weighted by atomic mass is 16.4. The van der Waals surface area contributed by atoms with E-state index in [0.29, 0.717) is 5.82 Å². The third-order valence-corrected chi connectivity index (χ3v) is 4.60. The Morgan fingerprint density at radius 2 is 1.88 bits per heavy atom. The fraction of sp³-hybridized carbons (Fsp3) is 0.368. The molecule has 2 aromatic rings. The van der Waals surface area contributed by atoms with Gasteiger partial charge in [-0.15, -0.1) is 0 Å². The van der Waals surface area contributed by atoms with Gasteiger partial charge >= 0.3 is 5.97 Å². The molecule has 1 aliphatic rings. The second-order valence-electron chi connectivity index (χ2n) is 6.35. The maximum absolute atomic E-state index is 12.6. The van der Waals surface area contributed by atoms with Crippen molar-refractivity contribution in [1.82, 2.24) is 15.3 Å². The number of hydrogen-bond acceptors (Lipinski definition) is 4. The predicted molar refractivity (Wildman–Crippen MR) is 92.9 cm³/mol. The summed E-state index contributed by atoms with van der Waals surface area (Å²) in [6, 6.07) is 10.6. The first kappa shape index (κ1) is 17.1. The van der Waals surface area contributed by atoms with Crippen molar-refractivity contribution >= 4 is 11.9 Å². The molecule has 6 nitrogen and oxygen atoms in total. The Bertz CT molecular complexity index is 743. The highest BCUT2D eigenvalue weighted by Crippen LogP contribution is 2.29. The number of carbonyl (C=O) groups is 2. The highest BCUT2D eigenvalue weighted by Gasteiger charge is 2.28. The van der Waals surface area contributed by atoms with E-state index in [2.05, 4.69) is 15.3 Å². The van der Waals surface area contributed by atoms with Gasteiger partial charge in [-0.25, -0.2) is 9.97 Å². The number of nitrogens with one attached hydrogen (secondary N) is 1. The molecule has 2 N–H and O–H groups in total. The summed E-state index contributed by atoms with van der Waals surface area (Å²) in [5, 5.41) is 12.0. The molecule has 1 fully saturated rings. The van der Waals surface area contributed by atoms with Crippen LogP contribution >= 0.6 is 0 Å². The van der Waals surface area contributed by atoms with Crippen molar-refractivity contribution in [1.29, 1.82) is 0 Å². The summed E-state index contributed by atoms with van der Waals surface area (Å²) in [6.45, 7) is 0. The molecule has 0 saturated heterocycles. The van der Waals surface area contributed by atoms with Crippen LogP contribution in [0.1, 0.15) is 42.6 Å². The van der Waals surface area contributed by atoms with Crippen LogP contribution in [0.5, 0.6) is 0 Å². The molecule has 1 aromatic heterocycles. The number of carboxylic acid groups (broad SMARTS) is 1. The van der Waals surface area contributed by atoms with E-state index in [-0.39, 0.29) is 30.0 Å². The molecule has 0 bridgehead atoms. The van der Waals surface area contributed by atoms with Gasteiger partial charge in [0.25, 0.3) is 5.91 Å². The summed E-state index contributed by atoms with van der Waals surface area (Å²) in [6.07, 6.45) is 5.57. The molecule has 3 rings (SSSR count). The third kappa shape index (κ3) is 4.41. The van der Waals surface area contributed by atoms with Crippen molar-refractivity contribution in [2.24, 2.45) is 5.92 Å². The molecule has 1 aliphatic carbocycles. The van der Waals surface area contributed by atoms with E-state index in [1.165, 1.54) is 0 Å². The molecule has 1 aromatic carbocycles. The Morgan fingerprint density at radius 3 is 2.56 bits per heavy atom. The monoisotopic (exact) mass is 339 g/mol. The molecule has 0 aliphatic heterocycles. The summed E-state index contributed by atoms with van der Waals surface area (Å²) < 4.78 is 0. The van der Waals surface area contributed by atoms with E-state index in [1.807, 2.05) is 30.3 Å². The summed E-state index contributed by atoms with van der Waals surface area (Å²) in [4.78, 5) is 32.3. The lowest BCUT2D eigenvalue weighted by atomic mass is 9.95. The summed E-state index contributed by atoms with van der Waals surface area (Å²) in [7, 11) is 0. The number of benzene rings is 1. The minimum absolute atomic E-state index is 0.0625. The van der Waals surface area contributed by atoms with Crippen molar-refractivity contribution in [3.8, 4) is 11.4 Å². The first-order chi connectivity index (χ1) is 12.1. The summed E-state index contributed by atoms with van der Waals surface area (Å²) >= 11 is 0. The van der Waals surface area contributed by atoms with E-state index in [4.69, 9.17) is 5.11 Å². The smallest absolute Gasteiger partial charge is 0.305 e. The number of aliphatic carboxylic acids is 1. The van der Waals surface area contributed by atoms with Gasteiger partial charge < -0.3 is 10.4 Å². The number of rotatable bonds is 6. The number of nitrogens with zero attached hydrogens (tertiary/aromatic N) is 2. The van der Waals surface area contributed by atoms with Crippen LogP contribution in [-0.4, -0.2) is 33.0 Å². The minimum atomic E-state index is -0.898. The van der Waals surface area contributed by atoms with Crippen LogP contribution in [0.3, 0.4) is 0 Å². The SMILES string of the molecule is O=C(O)C[C@H](NC(=O)c1ccnc(-c2ccccc2)n1)C1CCCC1. The molecule has 130 valence electrons. The zero-order valence-corrected chi connectivity index (χ0v) is 13.9. The molecule has 0 radical (unpaired) electrons. The van der Waals surface area contributed by atoms with Crippen LogP contribution in [0.25, 0.3) is 11.4 Å². The first-order valence-electron chi connectivity index (χ1n) is 8.54. The van der Waals surface area contributed by atoms with Crippen molar-refractivity contribution in [3.05, 3.63) is 48.3 Å². The van der Waals surface area contributed by atoms with Gasteiger partial charge in [0.2, 0.25) is 0 Å². The zero-order valence-electron chi connectivity index (χ0n) is 13.9. The largest absolute Gasteiger partial charge is 0.481 e. The number of amides is 1. The maximum Gasteiger partial charge on any atom is 0.305 e. The first-order valence-corrected chi connectivity index (χ1v) is 8.54. The summed E-state index contributed by atoms with van der Waals surface area (Å²) in [5.41, 5.74) is 1.08. The Balaban J connectivity index is 1.76. The van der Waals surface area contributed by atoms with Crippen molar-refractivity contribution in [3.63, 3.8) is 0 Å². The van der Waals surface area contributed by atoms with E-state index in [9.17, 15) is 9.59 Å². The maximum atomic E-state index is 12.6. The number of aromatic nitrogens is 2. The summed E-state index contributed by atoms with van der Waals surface area (Å²) in [5.74, 6) is -0.554. The molecule has 0 spiro atoms. The number of carbonyl (C=O) groups excluding carboxylic acids is 1. The second kappa shape index (κ2) is 7.88. The normalized spacial score (nSPS) is 15.7. The molecule has 1 heterocycles. The van der Waals surface area contributed by atoms with Crippen LogP contribution in [-0.2, 0) is 4.79 Å². The fourth-order valence-corrected chi connectivity index (χ4v) is 3.34. The van der Waals surface area contributed by atoms with Gasteiger partial charge in [0.1, 0.15) is 5.69 Å². The molecule has 25 heavy (non-hydrogen) atoms. The van der Waals surface area contributed by atoms with E-state index < -0.39 is 5.97 Å². The molecule has 6 heteroatoms. The average Bonchev–Trinajstić information content (AvgIpc) is 3.16. The van der Waals surface area contributed by atoms with Gasteiger partial charge in [-0.05, 0) is 24.8 Å². The molecule has 1 saturated carbocycles. The van der Waals surface area contributed by atoms with Crippen LogP contribution in [0, 0.1) is 5.92 Å². The van der Waals surface area contributed by atoms with Crippen molar-refractivity contribution in [2.45, 2.75) is 38.1 Å². The zero-order chi connectivity index (χ0) is 17.6. The molecule has 1 atom stereocenters. The van der Waals surface area contributed by atoms with Crippen LogP contribution in [0.2, 0.25) is 0 Å². The number of hydrogen-bond donors (Lipinski definition) is 2. The van der Waals surface area contributed by atoms with Gasteiger partial charge in [0.05, 0.1) is 6.42 Å². The quantitative estimate of drug-likeness (QED) is 0.844. The predicted octanol–water partition coefficient (Wildman–Crippen LogP) is 2.91. The second-order valence-corrected chi connectivity index (χ2v) is 6.35. The third-order valence-electron chi connectivity index (χ3n) is 4.60. The Morgan fingerprint density at radius 1 is 1.16 bits per heavy atom. The molecular weight excluding hydrogens is 318 g/mol. The van der Waals surface area contributed by atoms with Crippen LogP contribution in [0.15, 0.2) is 42.6 Å². The molecule has 0 unspecified atom stereocenters. The lowest BCUT2D eigenvalue weighted by Crippen LogP contribution is -2.41. The van der Waals surface area contributed by atoms with Gasteiger partial charge in [-0.1, -0.05) is 43.2 Å². The Labute approximate surface area is 146 Å². The van der Waals surface area contributed by atoms with E-state index in [1.54, 1.807) is 12.3 Å². The van der Waals surface area contributed by atoms with E-state index >= 15 is 0 Å². The molecular formula is C19H21N3O3. The van der Waals surface area contributed by atoms with Crippen molar-refractivity contribution < 1.29 is 14.7 Å². The fourth-order valence-electron chi connectivity index (χ4n) is 3.34. The standard InChI is InChI=1S/C19H21N3O3/c23-17(24)12-16(13-6-4-5-7-13)22-19(25)15-10-11-20-18(21-15)14-8-2-1-3-9-14/h1-3,8-11,13,16H,4-7,12H2,(H,22,25)(H,23,24)/t16-/m0/s1. The highest BCUT2D eigenvalue weighted by molar-refractivity contribution is 5.93. The lowest BCUT2D eigenvalue weighted by molar-refractivity contribution is -0.137. The average molecular weight is 339 g/mol. The van der Waals surface area contributed by atoms with E-state index in [0.717, 1.165) is 31.2 Å². The van der Waals surface area contributed by atoms with Gasteiger partial charge in [-0.3, -0.25) is 9.59 Å². The lowest BCUT2D eigenvalue weighted by Gasteiger charge is -2.23. The molecule has 1 amide bonds. The van der Waals surface area contributed by atoms with Gasteiger partial charge in [-0.2, -0.15) is 0 Å². The topological polar surface area (TPSA) is 92.2 Å². The number of carboxylic acids is 1. The minimum Gasteiger partial charge on any atom is -0.481 e.